The SMILES string of the molecule is Cn1c(C=C2C(=O)c3cc4ccccc4cc3C2=O)cc2oc(-c3ccccc3-c3ccccc3)cc21. The van der Waals surface area contributed by atoms with Gasteiger partial charge in [0.15, 0.2) is 17.1 Å². The van der Waals surface area contributed by atoms with E-state index in [0.717, 1.165) is 44.4 Å². The van der Waals surface area contributed by atoms with Crippen molar-refractivity contribution in [3.05, 3.63) is 126 Å². The maximum absolute atomic E-state index is 13.2. The first-order valence-electron chi connectivity index (χ1n) is 12.2. The first kappa shape index (κ1) is 21.3. The number of carbonyl (C=O) groups excluding carboxylic acids is 2. The highest BCUT2D eigenvalue weighted by Gasteiger charge is 2.33. The van der Waals surface area contributed by atoms with Gasteiger partial charge in [-0.15, -0.1) is 0 Å². The molecule has 1 aliphatic carbocycles. The summed E-state index contributed by atoms with van der Waals surface area (Å²) < 4.78 is 8.25. The van der Waals surface area contributed by atoms with Crippen molar-refractivity contribution in [2.45, 2.75) is 0 Å². The summed E-state index contributed by atoms with van der Waals surface area (Å²) in [4.78, 5) is 26.4. The fourth-order valence-corrected chi connectivity index (χ4v) is 5.26. The Morgan fingerprint density at radius 3 is 1.89 bits per heavy atom. The number of aromatic nitrogens is 1. The van der Waals surface area contributed by atoms with E-state index in [9.17, 15) is 9.59 Å². The van der Waals surface area contributed by atoms with Crippen LogP contribution in [0.3, 0.4) is 0 Å². The Hall–Kier alpha value is -4.96. The molecule has 0 bridgehead atoms. The zero-order valence-corrected chi connectivity index (χ0v) is 20.1. The molecular formula is C33H21NO3. The van der Waals surface area contributed by atoms with E-state index < -0.39 is 0 Å². The van der Waals surface area contributed by atoms with E-state index in [2.05, 4.69) is 24.3 Å². The van der Waals surface area contributed by atoms with Crippen LogP contribution in [-0.4, -0.2) is 16.1 Å². The van der Waals surface area contributed by atoms with Crippen LogP contribution < -0.4 is 0 Å². The summed E-state index contributed by atoms with van der Waals surface area (Å²) in [5.41, 5.74) is 6.67. The quantitative estimate of drug-likeness (QED) is 0.193. The molecule has 0 atom stereocenters. The van der Waals surface area contributed by atoms with Crippen LogP contribution in [0, 0.1) is 0 Å². The first-order valence-corrected chi connectivity index (χ1v) is 12.2. The summed E-state index contributed by atoms with van der Waals surface area (Å²) in [7, 11) is 1.92. The third-order valence-corrected chi connectivity index (χ3v) is 7.20. The molecule has 4 aromatic carbocycles. The largest absolute Gasteiger partial charge is 0.454 e. The lowest BCUT2D eigenvalue weighted by molar-refractivity contribution is 0.0990. The Morgan fingerprint density at radius 2 is 1.24 bits per heavy atom. The van der Waals surface area contributed by atoms with E-state index in [1.54, 1.807) is 6.08 Å². The number of hydrogen-bond donors (Lipinski definition) is 0. The van der Waals surface area contributed by atoms with Gasteiger partial charge in [-0.05, 0) is 40.1 Å². The summed E-state index contributed by atoms with van der Waals surface area (Å²) >= 11 is 0. The molecule has 1 aliphatic rings. The number of ketones is 2. The molecule has 0 spiro atoms. The number of allylic oxidation sites excluding steroid dienone is 1. The van der Waals surface area contributed by atoms with Gasteiger partial charge in [-0.3, -0.25) is 9.59 Å². The van der Waals surface area contributed by atoms with Gasteiger partial charge < -0.3 is 8.98 Å². The van der Waals surface area contributed by atoms with Gasteiger partial charge in [0.2, 0.25) is 0 Å². The molecule has 4 heteroatoms. The molecule has 0 saturated heterocycles. The minimum atomic E-state index is -0.235. The molecule has 0 amide bonds. The van der Waals surface area contributed by atoms with Crippen LogP contribution in [0.1, 0.15) is 26.4 Å². The smallest absolute Gasteiger partial charge is 0.197 e. The fourth-order valence-electron chi connectivity index (χ4n) is 5.26. The van der Waals surface area contributed by atoms with Crippen LogP contribution in [0.15, 0.2) is 113 Å². The van der Waals surface area contributed by atoms with Crippen LogP contribution >= 0.6 is 0 Å². The van der Waals surface area contributed by atoms with E-state index in [1.165, 1.54) is 0 Å². The van der Waals surface area contributed by atoms with Crippen molar-refractivity contribution in [3.63, 3.8) is 0 Å². The van der Waals surface area contributed by atoms with Crippen molar-refractivity contribution in [1.29, 1.82) is 0 Å². The van der Waals surface area contributed by atoms with Crippen LogP contribution in [0.4, 0.5) is 0 Å². The number of Topliss-reactive ketones (excluding diaryl/α,β-unsaturated/α-hetero) is 2. The number of aryl methyl sites for hydroxylation is 1. The fraction of sp³-hybridized carbons (Fsp3) is 0.0303. The predicted molar refractivity (Wildman–Crippen MR) is 147 cm³/mol. The highest BCUT2D eigenvalue weighted by molar-refractivity contribution is 6.42. The molecule has 7 rings (SSSR count). The Morgan fingerprint density at radius 1 is 0.649 bits per heavy atom. The maximum atomic E-state index is 13.2. The molecule has 37 heavy (non-hydrogen) atoms. The van der Waals surface area contributed by atoms with Crippen molar-refractivity contribution in [1.82, 2.24) is 4.57 Å². The molecule has 4 nitrogen and oxygen atoms in total. The third-order valence-electron chi connectivity index (χ3n) is 7.20. The topological polar surface area (TPSA) is 52.2 Å². The zero-order valence-electron chi connectivity index (χ0n) is 20.1. The molecule has 6 aromatic rings. The van der Waals surface area contributed by atoms with E-state index >= 15 is 0 Å². The van der Waals surface area contributed by atoms with Crippen molar-refractivity contribution >= 4 is 39.5 Å². The number of rotatable bonds is 3. The van der Waals surface area contributed by atoms with Gasteiger partial charge in [0.1, 0.15) is 5.76 Å². The molecule has 0 radical (unpaired) electrons. The molecule has 0 unspecified atom stereocenters. The zero-order chi connectivity index (χ0) is 25.1. The second-order valence-electron chi connectivity index (χ2n) is 9.36. The molecule has 0 N–H and O–H groups in total. The van der Waals surface area contributed by atoms with E-state index in [0.29, 0.717) is 16.7 Å². The number of hydrogen-bond acceptors (Lipinski definition) is 3. The summed E-state index contributed by atoms with van der Waals surface area (Å²) in [6.07, 6.45) is 1.68. The Labute approximate surface area is 213 Å². The standard InChI is InChI=1S/C33H21NO3/c1-34-23(17-28-32(35)26-15-21-11-5-6-12-22(21)16-27(26)33(28)36)18-31-29(34)19-30(37-31)25-14-8-7-13-24(25)20-9-3-2-4-10-20/h2-19H,1H3. The predicted octanol–water partition coefficient (Wildman–Crippen LogP) is 7.72. The second-order valence-corrected chi connectivity index (χ2v) is 9.36. The van der Waals surface area contributed by atoms with Gasteiger partial charge in [0.05, 0.1) is 11.1 Å². The van der Waals surface area contributed by atoms with Gasteiger partial charge in [0.25, 0.3) is 0 Å². The molecule has 0 saturated carbocycles. The monoisotopic (exact) mass is 479 g/mol. The van der Waals surface area contributed by atoms with E-state index in [4.69, 9.17) is 4.42 Å². The number of carbonyl (C=O) groups is 2. The van der Waals surface area contributed by atoms with Crippen LogP contribution in [0.2, 0.25) is 0 Å². The minimum absolute atomic E-state index is 0.184. The molecular weight excluding hydrogens is 458 g/mol. The van der Waals surface area contributed by atoms with Gasteiger partial charge in [0, 0.05) is 41.6 Å². The Kier molecular flexibility index (Phi) is 4.63. The molecule has 0 aliphatic heterocycles. The Bertz CT molecular complexity index is 1860. The molecule has 2 aromatic heterocycles. The highest BCUT2D eigenvalue weighted by Crippen LogP contribution is 2.37. The van der Waals surface area contributed by atoms with Gasteiger partial charge in [-0.2, -0.15) is 0 Å². The first-order chi connectivity index (χ1) is 18.1. The Balaban J connectivity index is 1.29. The maximum Gasteiger partial charge on any atom is 0.197 e. The van der Waals surface area contributed by atoms with Gasteiger partial charge in [-0.1, -0.05) is 78.9 Å². The van der Waals surface area contributed by atoms with Crippen molar-refractivity contribution in [2.75, 3.05) is 0 Å². The van der Waals surface area contributed by atoms with Crippen LogP contribution in [-0.2, 0) is 7.05 Å². The number of nitrogens with zero attached hydrogens (tertiary/aromatic N) is 1. The van der Waals surface area contributed by atoms with Gasteiger partial charge >= 0.3 is 0 Å². The lowest BCUT2D eigenvalue weighted by Crippen LogP contribution is -2.01. The van der Waals surface area contributed by atoms with Crippen LogP contribution in [0.25, 0.3) is 50.4 Å². The van der Waals surface area contributed by atoms with E-state index in [-0.39, 0.29) is 17.1 Å². The summed E-state index contributed by atoms with van der Waals surface area (Å²) in [5, 5.41) is 1.90. The lowest BCUT2D eigenvalue weighted by Gasteiger charge is -2.07. The molecule has 176 valence electrons. The third kappa shape index (κ3) is 3.30. The van der Waals surface area contributed by atoms with Gasteiger partial charge in [-0.25, -0.2) is 0 Å². The van der Waals surface area contributed by atoms with Crippen molar-refractivity contribution in [3.8, 4) is 22.5 Å². The van der Waals surface area contributed by atoms with Crippen LogP contribution in [0.5, 0.6) is 0 Å². The number of benzene rings is 4. The number of fused-ring (bicyclic) bond motifs is 3. The lowest BCUT2D eigenvalue weighted by atomic mass is 9.98. The van der Waals surface area contributed by atoms with Crippen molar-refractivity contribution in [2.24, 2.45) is 7.05 Å². The molecule has 0 fully saturated rings. The highest BCUT2D eigenvalue weighted by atomic mass is 16.3. The summed E-state index contributed by atoms with van der Waals surface area (Å²) in [5.74, 6) is 0.300. The van der Waals surface area contributed by atoms with Crippen molar-refractivity contribution < 1.29 is 14.0 Å². The van der Waals surface area contributed by atoms with E-state index in [1.807, 2.05) is 90.5 Å². The average Bonchev–Trinajstić information content (AvgIpc) is 3.56. The number of furan rings is 1. The normalized spacial score (nSPS) is 13.1. The minimum Gasteiger partial charge on any atom is -0.454 e. The second kappa shape index (κ2) is 8.04. The molecule has 2 heterocycles. The summed E-state index contributed by atoms with van der Waals surface area (Å²) in [6, 6.07) is 33.7. The average molecular weight is 480 g/mol. The summed E-state index contributed by atoms with van der Waals surface area (Å²) in [6.45, 7) is 0.